The molecule has 2 heteroatoms. The number of terminal acetylenes is 1. The van der Waals surface area contributed by atoms with E-state index in [-0.39, 0.29) is 5.54 Å². The van der Waals surface area contributed by atoms with Crippen LogP contribution in [-0.2, 0) is 0 Å². The summed E-state index contributed by atoms with van der Waals surface area (Å²) in [6.07, 6.45) is 9.58. The highest BCUT2D eigenvalue weighted by atomic mass is 15.2. The van der Waals surface area contributed by atoms with E-state index >= 15 is 0 Å². The largest absolute Gasteiger partial charge is 0.312 e. The summed E-state index contributed by atoms with van der Waals surface area (Å²) in [7, 11) is 4.31. The Labute approximate surface area is 102 Å². The molecular weight excluding hydrogens is 196 g/mol. The van der Waals surface area contributed by atoms with Crippen LogP contribution in [0.4, 0.5) is 0 Å². The fourth-order valence-corrected chi connectivity index (χ4v) is 2.05. The zero-order valence-corrected chi connectivity index (χ0v) is 11.6. The summed E-state index contributed by atoms with van der Waals surface area (Å²) in [5.41, 5.74) is 0.187. The van der Waals surface area contributed by atoms with E-state index in [4.69, 9.17) is 6.42 Å². The summed E-state index contributed by atoms with van der Waals surface area (Å²) in [6.45, 7) is 7.83. The van der Waals surface area contributed by atoms with Gasteiger partial charge in [-0.25, -0.2) is 0 Å². The number of rotatable bonds is 8. The Kier molecular flexibility index (Phi) is 7.45. The molecule has 2 nitrogen and oxygen atoms in total. The smallest absolute Gasteiger partial charge is 0.0326 e. The molecule has 0 aromatic rings. The summed E-state index contributed by atoms with van der Waals surface area (Å²) >= 11 is 0. The van der Waals surface area contributed by atoms with Crippen molar-refractivity contribution < 1.29 is 0 Å². The second kappa shape index (κ2) is 7.70. The molecule has 0 rings (SSSR count). The highest BCUT2D eigenvalue weighted by molar-refractivity contribution is 4.97. The van der Waals surface area contributed by atoms with Gasteiger partial charge in [0.15, 0.2) is 0 Å². The summed E-state index contributed by atoms with van der Waals surface area (Å²) in [6, 6.07) is 0.475. The maximum absolute atomic E-state index is 5.37. The number of nitrogens with zero attached hydrogens (tertiary/aromatic N) is 1. The van der Waals surface area contributed by atoms with Crippen molar-refractivity contribution in [2.75, 3.05) is 20.6 Å². The number of nitrogens with one attached hydrogen (secondary N) is 1. The average Bonchev–Trinajstić information content (AvgIpc) is 2.28. The van der Waals surface area contributed by atoms with Gasteiger partial charge in [0.2, 0.25) is 0 Å². The molecule has 0 saturated heterocycles. The van der Waals surface area contributed by atoms with Gasteiger partial charge in [0, 0.05) is 18.0 Å². The summed E-state index contributed by atoms with van der Waals surface area (Å²) in [4.78, 5) is 2.32. The second-order valence-electron chi connectivity index (χ2n) is 4.85. The Bertz CT molecular complexity index is 217. The van der Waals surface area contributed by atoms with Crippen LogP contribution in [0.25, 0.3) is 0 Å². The van der Waals surface area contributed by atoms with Gasteiger partial charge in [0.25, 0.3) is 0 Å². The van der Waals surface area contributed by atoms with Crippen molar-refractivity contribution in [3.8, 4) is 12.3 Å². The van der Waals surface area contributed by atoms with E-state index in [2.05, 4.69) is 51.0 Å². The topological polar surface area (TPSA) is 15.3 Å². The van der Waals surface area contributed by atoms with Gasteiger partial charge >= 0.3 is 0 Å². The lowest BCUT2D eigenvalue weighted by Gasteiger charge is -2.43. The Morgan fingerprint density at radius 1 is 1.38 bits per heavy atom. The molecule has 0 amide bonds. The van der Waals surface area contributed by atoms with Crippen LogP contribution in [0.1, 0.15) is 46.5 Å². The van der Waals surface area contributed by atoms with Crippen LogP contribution in [0.3, 0.4) is 0 Å². The maximum atomic E-state index is 5.37. The van der Waals surface area contributed by atoms with Crippen LogP contribution in [0, 0.1) is 12.3 Å². The predicted octanol–water partition coefficient (Wildman–Crippen LogP) is 2.50. The first kappa shape index (κ1) is 15.5. The first-order valence-corrected chi connectivity index (χ1v) is 6.37. The molecule has 0 aromatic carbocycles. The van der Waals surface area contributed by atoms with Gasteiger partial charge in [0.05, 0.1) is 0 Å². The van der Waals surface area contributed by atoms with E-state index in [1.165, 1.54) is 6.42 Å². The van der Waals surface area contributed by atoms with Crippen LogP contribution >= 0.6 is 0 Å². The lowest BCUT2D eigenvalue weighted by molar-refractivity contribution is 0.109. The van der Waals surface area contributed by atoms with E-state index < -0.39 is 0 Å². The molecule has 0 aliphatic heterocycles. The fraction of sp³-hybridized carbons (Fsp3) is 0.857. The van der Waals surface area contributed by atoms with Crippen molar-refractivity contribution >= 4 is 0 Å². The van der Waals surface area contributed by atoms with Crippen LogP contribution in [0.15, 0.2) is 0 Å². The summed E-state index contributed by atoms with van der Waals surface area (Å²) in [5.74, 6) is 2.75. The van der Waals surface area contributed by atoms with Crippen LogP contribution in [0.5, 0.6) is 0 Å². The van der Waals surface area contributed by atoms with Gasteiger partial charge in [-0.15, -0.1) is 12.3 Å². The Morgan fingerprint density at radius 2 is 2.00 bits per heavy atom. The summed E-state index contributed by atoms with van der Waals surface area (Å²) < 4.78 is 0. The SMILES string of the molecule is C#CCCC(NCCC)C(C)(CC)N(C)C. The monoisotopic (exact) mass is 224 g/mol. The van der Waals surface area contributed by atoms with Crippen molar-refractivity contribution in [2.24, 2.45) is 0 Å². The van der Waals surface area contributed by atoms with Crippen LogP contribution in [-0.4, -0.2) is 37.1 Å². The third-order valence-electron chi connectivity index (χ3n) is 3.71. The summed E-state index contributed by atoms with van der Waals surface area (Å²) in [5, 5.41) is 3.64. The molecule has 16 heavy (non-hydrogen) atoms. The van der Waals surface area contributed by atoms with Crippen LogP contribution < -0.4 is 5.32 Å². The quantitative estimate of drug-likeness (QED) is 0.637. The molecule has 0 aliphatic rings. The van der Waals surface area contributed by atoms with Gasteiger partial charge in [-0.2, -0.15) is 0 Å². The van der Waals surface area contributed by atoms with E-state index in [9.17, 15) is 0 Å². The van der Waals surface area contributed by atoms with Crippen molar-refractivity contribution in [1.82, 2.24) is 10.2 Å². The zero-order valence-electron chi connectivity index (χ0n) is 11.6. The molecule has 0 aromatic heterocycles. The zero-order chi connectivity index (χ0) is 12.6. The van der Waals surface area contributed by atoms with Gasteiger partial charge in [-0.3, -0.25) is 0 Å². The number of hydrogen-bond acceptors (Lipinski definition) is 2. The van der Waals surface area contributed by atoms with Gasteiger partial charge in [0.1, 0.15) is 0 Å². The normalized spacial score (nSPS) is 16.8. The van der Waals surface area contributed by atoms with Gasteiger partial charge < -0.3 is 10.2 Å². The van der Waals surface area contributed by atoms with Crippen molar-refractivity contribution in [2.45, 2.75) is 58.0 Å². The second-order valence-corrected chi connectivity index (χ2v) is 4.85. The molecule has 2 unspecified atom stereocenters. The molecule has 0 radical (unpaired) electrons. The molecule has 0 saturated carbocycles. The van der Waals surface area contributed by atoms with E-state index in [1.807, 2.05) is 0 Å². The molecule has 2 atom stereocenters. The Morgan fingerprint density at radius 3 is 2.38 bits per heavy atom. The fourth-order valence-electron chi connectivity index (χ4n) is 2.05. The molecule has 94 valence electrons. The highest BCUT2D eigenvalue weighted by Gasteiger charge is 2.33. The van der Waals surface area contributed by atoms with Crippen molar-refractivity contribution in [3.05, 3.63) is 0 Å². The molecule has 0 bridgehead atoms. The number of likely N-dealkylation sites (N-methyl/N-ethyl adjacent to an activating group) is 1. The van der Waals surface area contributed by atoms with E-state index in [0.717, 1.165) is 25.8 Å². The lowest BCUT2D eigenvalue weighted by Crippen LogP contribution is -2.56. The number of hydrogen-bond donors (Lipinski definition) is 1. The molecule has 0 aliphatic carbocycles. The molecule has 0 heterocycles. The first-order valence-electron chi connectivity index (χ1n) is 6.37. The third-order valence-corrected chi connectivity index (χ3v) is 3.71. The Hall–Kier alpha value is -0.520. The maximum Gasteiger partial charge on any atom is 0.0326 e. The van der Waals surface area contributed by atoms with E-state index in [1.54, 1.807) is 0 Å². The Balaban J connectivity index is 4.62. The van der Waals surface area contributed by atoms with Gasteiger partial charge in [-0.05, 0) is 46.8 Å². The molecule has 0 spiro atoms. The highest BCUT2D eigenvalue weighted by Crippen LogP contribution is 2.24. The lowest BCUT2D eigenvalue weighted by atomic mass is 9.85. The molecule has 1 N–H and O–H groups in total. The van der Waals surface area contributed by atoms with E-state index in [0.29, 0.717) is 6.04 Å². The average molecular weight is 224 g/mol. The predicted molar refractivity (Wildman–Crippen MR) is 72.5 cm³/mol. The minimum absolute atomic E-state index is 0.187. The van der Waals surface area contributed by atoms with Crippen LogP contribution in [0.2, 0.25) is 0 Å². The minimum atomic E-state index is 0.187. The van der Waals surface area contributed by atoms with Crippen molar-refractivity contribution in [1.29, 1.82) is 0 Å². The standard InChI is InChI=1S/C14H28N2/c1-7-10-11-13(15-12-8-2)14(4,9-3)16(5)6/h1,13,15H,8-12H2,2-6H3. The minimum Gasteiger partial charge on any atom is -0.312 e. The third kappa shape index (κ3) is 4.15. The molecule has 0 fully saturated rings. The van der Waals surface area contributed by atoms with Crippen molar-refractivity contribution in [3.63, 3.8) is 0 Å². The first-order chi connectivity index (χ1) is 7.52. The van der Waals surface area contributed by atoms with Gasteiger partial charge in [-0.1, -0.05) is 13.8 Å². The molecular formula is C14H28N2.